The van der Waals surface area contributed by atoms with Gasteiger partial charge < -0.3 is 15.5 Å². The van der Waals surface area contributed by atoms with Crippen LogP contribution in [0, 0.1) is 5.92 Å². The third-order valence-electron chi connectivity index (χ3n) is 7.81. The Bertz CT molecular complexity index is 1210. The zero-order chi connectivity index (χ0) is 27.6. The van der Waals surface area contributed by atoms with E-state index in [0.717, 1.165) is 43.6 Å². The van der Waals surface area contributed by atoms with Gasteiger partial charge in [0.15, 0.2) is 0 Å². The summed E-state index contributed by atoms with van der Waals surface area (Å²) in [7, 11) is 0. The molecule has 3 aromatic rings. The number of piperidine rings is 1. The Hall–Kier alpha value is -3.60. The van der Waals surface area contributed by atoms with E-state index in [0.29, 0.717) is 22.7 Å². The third-order valence-corrected chi connectivity index (χ3v) is 7.81. The predicted molar refractivity (Wildman–Crippen MR) is 162 cm³/mol. The number of anilines is 2. The first kappa shape index (κ1) is 28.4. The Morgan fingerprint density at radius 1 is 0.897 bits per heavy atom. The molecule has 0 spiro atoms. The summed E-state index contributed by atoms with van der Waals surface area (Å²) in [6.45, 7) is 8.34. The van der Waals surface area contributed by atoms with Crippen molar-refractivity contribution >= 4 is 23.2 Å². The standard InChI is InChI=1S/C34H43N3O2/c1-4-5-6-8-11-27-14-16-29(17-15-27)33(38)36-30-18-19-32(37-22-20-25(2)21-23-37)31(24-30)34(39)35-26(3)28-12-9-7-10-13-28/h7,9-10,12-19,24-26H,4-6,8,11,20-23H2,1-3H3,(H,35,39)(H,36,38). The van der Waals surface area contributed by atoms with Gasteiger partial charge in [-0.15, -0.1) is 0 Å². The molecule has 1 saturated heterocycles. The van der Waals surface area contributed by atoms with Gasteiger partial charge in [-0.05, 0) is 80.0 Å². The first-order chi connectivity index (χ1) is 18.9. The quantitative estimate of drug-likeness (QED) is 0.251. The Labute approximate surface area is 234 Å². The maximum atomic E-state index is 13.6. The molecule has 0 aromatic heterocycles. The van der Waals surface area contributed by atoms with Crippen molar-refractivity contribution in [1.29, 1.82) is 0 Å². The van der Waals surface area contributed by atoms with Gasteiger partial charge in [0.1, 0.15) is 0 Å². The van der Waals surface area contributed by atoms with E-state index in [1.165, 1.54) is 31.2 Å². The Kier molecular flexibility index (Phi) is 10.2. The van der Waals surface area contributed by atoms with Gasteiger partial charge in [-0.1, -0.05) is 75.6 Å². The number of hydrogen-bond acceptors (Lipinski definition) is 3. The van der Waals surface area contributed by atoms with Crippen molar-refractivity contribution in [2.75, 3.05) is 23.3 Å². The second kappa shape index (κ2) is 14.0. The molecular weight excluding hydrogens is 482 g/mol. The Balaban J connectivity index is 1.49. The number of nitrogens with one attached hydrogen (secondary N) is 2. The molecule has 1 aliphatic rings. The summed E-state index contributed by atoms with van der Waals surface area (Å²) in [6.07, 6.45) is 8.16. The molecule has 1 heterocycles. The molecule has 1 aliphatic heterocycles. The van der Waals surface area contributed by atoms with E-state index in [1.807, 2.05) is 79.7 Å². The van der Waals surface area contributed by atoms with E-state index in [-0.39, 0.29) is 17.9 Å². The van der Waals surface area contributed by atoms with Crippen LogP contribution in [0.3, 0.4) is 0 Å². The molecule has 1 atom stereocenters. The minimum Gasteiger partial charge on any atom is -0.371 e. The maximum Gasteiger partial charge on any atom is 0.255 e. The highest BCUT2D eigenvalue weighted by Crippen LogP contribution is 2.29. The molecule has 2 amide bonds. The van der Waals surface area contributed by atoms with Gasteiger partial charge in [0.2, 0.25) is 0 Å². The molecule has 206 valence electrons. The summed E-state index contributed by atoms with van der Waals surface area (Å²) in [5.74, 6) is 0.387. The van der Waals surface area contributed by atoms with Crippen LogP contribution in [0.5, 0.6) is 0 Å². The highest BCUT2D eigenvalue weighted by atomic mass is 16.2. The maximum absolute atomic E-state index is 13.6. The highest BCUT2D eigenvalue weighted by Gasteiger charge is 2.23. The van der Waals surface area contributed by atoms with E-state index >= 15 is 0 Å². The fourth-order valence-corrected chi connectivity index (χ4v) is 5.20. The number of nitrogens with zero attached hydrogens (tertiary/aromatic N) is 1. The summed E-state index contributed by atoms with van der Waals surface area (Å²) in [5, 5.41) is 6.18. The molecule has 5 heteroatoms. The van der Waals surface area contributed by atoms with Gasteiger partial charge in [0.05, 0.1) is 11.6 Å². The average Bonchev–Trinajstić information content (AvgIpc) is 2.96. The second-order valence-electron chi connectivity index (χ2n) is 11.0. The highest BCUT2D eigenvalue weighted by molar-refractivity contribution is 6.06. The van der Waals surface area contributed by atoms with E-state index in [4.69, 9.17) is 0 Å². The lowest BCUT2D eigenvalue weighted by atomic mass is 9.97. The summed E-state index contributed by atoms with van der Waals surface area (Å²) in [6, 6.07) is 23.4. The normalized spacial score (nSPS) is 14.6. The van der Waals surface area contributed by atoms with Crippen molar-refractivity contribution in [2.45, 2.75) is 71.8 Å². The molecule has 1 unspecified atom stereocenters. The molecule has 4 rings (SSSR count). The van der Waals surface area contributed by atoms with Crippen LogP contribution in [0.2, 0.25) is 0 Å². The zero-order valence-electron chi connectivity index (χ0n) is 23.7. The lowest BCUT2D eigenvalue weighted by molar-refractivity contribution is 0.0939. The molecule has 0 aliphatic carbocycles. The van der Waals surface area contributed by atoms with Gasteiger partial charge in [-0.3, -0.25) is 9.59 Å². The Morgan fingerprint density at radius 3 is 2.31 bits per heavy atom. The van der Waals surface area contributed by atoms with Gasteiger partial charge in [-0.2, -0.15) is 0 Å². The number of carbonyl (C=O) groups is 2. The molecule has 3 aromatic carbocycles. The van der Waals surface area contributed by atoms with E-state index in [9.17, 15) is 9.59 Å². The van der Waals surface area contributed by atoms with E-state index in [1.54, 1.807) is 0 Å². The van der Waals surface area contributed by atoms with Crippen LogP contribution >= 0.6 is 0 Å². The van der Waals surface area contributed by atoms with Crippen molar-refractivity contribution in [2.24, 2.45) is 5.92 Å². The lowest BCUT2D eigenvalue weighted by Gasteiger charge is -2.33. The summed E-state index contributed by atoms with van der Waals surface area (Å²) in [5.41, 5.74) is 5.06. The zero-order valence-corrected chi connectivity index (χ0v) is 23.7. The molecule has 1 fully saturated rings. The Morgan fingerprint density at radius 2 is 1.62 bits per heavy atom. The number of rotatable bonds is 11. The van der Waals surface area contributed by atoms with Crippen LogP contribution in [-0.2, 0) is 6.42 Å². The number of benzene rings is 3. The van der Waals surface area contributed by atoms with Crippen molar-refractivity contribution < 1.29 is 9.59 Å². The fourth-order valence-electron chi connectivity index (χ4n) is 5.20. The molecule has 0 saturated carbocycles. The number of hydrogen-bond donors (Lipinski definition) is 2. The molecule has 39 heavy (non-hydrogen) atoms. The topological polar surface area (TPSA) is 61.4 Å². The SMILES string of the molecule is CCCCCCc1ccc(C(=O)Nc2ccc(N3CCC(C)CC3)c(C(=O)NC(C)c3ccccc3)c2)cc1. The number of aryl methyl sites for hydroxylation is 1. The van der Waals surface area contributed by atoms with E-state index in [2.05, 4.69) is 29.4 Å². The van der Waals surface area contributed by atoms with Crippen LogP contribution in [0.15, 0.2) is 72.8 Å². The fraction of sp³-hybridized carbons (Fsp3) is 0.412. The first-order valence-corrected chi connectivity index (χ1v) is 14.6. The van der Waals surface area contributed by atoms with Crippen LogP contribution in [-0.4, -0.2) is 24.9 Å². The second-order valence-corrected chi connectivity index (χ2v) is 11.0. The number of carbonyl (C=O) groups excluding carboxylic acids is 2. The van der Waals surface area contributed by atoms with Crippen molar-refractivity contribution in [1.82, 2.24) is 5.32 Å². The smallest absolute Gasteiger partial charge is 0.255 e. The van der Waals surface area contributed by atoms with E-state index < -0.39 is 0 Å². The molecule has 5 nitrogen and oxygen atoms in total. The third kappa shape index (κ3) is 7.95. The largest absolute Gasteiger partial charge is 0.371 e. The van der Waals surface area contributed by atoms with Crippen molar-refractivity contribution in [3.05, 3.63) is 95.1 Å². The molecular formula is C34H43N3O2. The summed E-state index contributed by atoms with van der Waals surface area (Å²) < 4.78 is 0. The van der Waals surface area contributed by atoms with Gasteiger partial charge in [0.25, 0.3) is 11.8 Å². The first-order valence-electron chi connectivity index (χ1n) is 14.6. The molecule has 0 radical (unpaired) electrons. The summed E-state index contributed by atoms with van der Waals surface area (Å²) >= 11 is 0. The lowest BCUT2D eigenvalue weighted by Crippen LogP contribution is -2.35. The van der Waals surface area contributed by atoms with Gasteiger partial charge in [0, 0.05) is 30.0 Å². The van der Waals surface area contributed by atoms with Crippen molar-refractivity contribution in [3.63, 3.8) is 0 Å². The average molecular weight is 526 g/mol. The molecule has 0 bridgehead atoms. The van der Waals surface area contributed by atoms with Gasteiger partial charge >= 0.3 is 0 Å². The van der Waals surface area contributed by atoms with Crippen molar-refractivity contribution in [3.8, 4) is 0 Å². The predicted octanol–water partition coefficient (Wildman–Crippen LogP) is 7.79. The summed E-state index contributed by atoms with van der Waals surface area (Å²) in [4.78, 5) is 28.9. The monoisotopic (exact) mass is 525 g/mol. The number of amides is 2. The van der Waals surface area contributed by atoms with Crippen LogP contribution in [0.4, 0.5) is 11.4 Å². The minimum atomic E-state index is -0.170. The van der Waals surface area contributed by atoms with Gasteiger partial charge in [-0.25, -0.2) is 0 Å². The molecule has 2 N–H and O–H groups in total. The minimum absolute atomic E-state index is 0.133. The van der Waals surface area contributed by atoms with Crippen LogP contribution in [0.1, 0.15) is 97.2 Å². The number of unbranched alkanes of at least 4 members (excludes halogenated alkanes) is 3. The van der Waals surface area contributed by atoms with Crippen LogP contribution in [0.25, 0.3) is 0 Å². The van der Waals surface area contributed by atoms with Crippen LogP contribution < -0.4 is 15.5 Å².